The van der Waals surface area contributed by atoms with Gasteiger partial charge < -0.3 is 0 Å². The minimum atomic E-state index is -0.416. The fourth-order valence-corrected chi connectivity index (χ4v) is 2.82. The van der Waals surface area contributed by atoms with Gasteiger partial charge in [0.1, 0.15) is 0 Å². The summed E-state index contributed by atoms with van der Waals surface area (Å²) in [6, 6.07) is 5.17. The topological polar surface area (TPSA) is 58.2 Å². The lowest BCUT2D eigenvalue weighted by Crippen LogP contribution is -2.44. The van der Waals surface area contributed by atoms with E-state index in [-0.39, 0.29) is 11.8 Å². The third-order valence-electron chi connectivity index (χ3n) is 3.68. The van der Waals surface area contributed by atoms with Gasteiger partial charge in [0.25, 0.3) is 5.91 Å². The normalized spacial score (nSPS) is 15.7. The van der Waals surface area contributed by atoms with Crippen LogP contribution in [0.1, 0.15) is 37.7 Å². The molecule has 118 valence electrons. The molecule has 0 bridgehead atoms. The van der Waals surface area contributed by atoms with Crippen molar-refractivity contribution in [3.05, 3.63) is 39.9 Å². The summed E-state index contributed by atoms with van der Waals surface area (Å²) >= 11 is 11.9. The van der Waals surface area contributed by atoms with Crippen LogP contribution in [0.15, 0.2) is 24.3 Å². The maximum absolute atomic E-state index is 11.9. The number of rotatable bonds is 3. The highest BCUT2D eigenvalue weighted by molar-refractivity contribution is 6.42. The van der Waals surface area contributed by atoms with Crippen LogP contribution in [-0.4, -0.2) is 11.8 Å². The lowest BCUT2D eigenvalue weighted by atomic mass is 9.89. The number of hydrogen-bond donors (Lipinski definition) is 2. The first-order chi connectivity index (χ1) is 10.6. The monoisotopic (exact) mass is 340 g/mol. The van der Waals surface area contributed by atoms with E-state index in [0.717, 1.165) is 25.7 Å². The van der Waals surface area contributed by atoms with Crippen molar-refractivity contribution >= 4 is 41.1 Å². The molecule has 0 aliphatic heterocycles. The number of halogens is 2. The van der Waals surface area contributed by atoms with Crippen molar-refractivity contribution in [3.63, 3.8) is 0 Å². The summed E-state index contributed by atoms with van der Waals surface area (Å²) in [6.07, 6.45) is 7.94. The molecule has 2 amide bonds. The zero-order chi connectivity index (χ0) is 15.9. The van der Waals surface area contributed by atoms with Crippen LogP contribution in [-0.2, 0) is 9.59 Å². The molecule has 1 saturated carbocycles. The van der Waals surface area contributed by atoms with Gasteiger partial charge >= 0.3 is 0 Å². The van der Waals surface area contributed by atoms with Crippen LogP contribution in [0.4, 0.5) is 0 Å². The molecule has 1 aliphatic rings. The molecule has 2 N–H and O–H groups in total. The number of amides is 2. The molecule has 0 saturated heterocycles. The van der Waals surface area contributed by atoms with Gasteiger partial charge in [0.2, 0.25) is 5.91 Å². The smallest absolute Gasteiger partial charge is 0.262 e. The fourth-order valence-electron chi connectivity index (χ4n) is 2.45. The molecule has 0 radical (unpaired) electrons. The van der Waals surface area contributed by atoms with Gasteiger partial charge in [0.15, 0.2) is 0 Å². The number of nitrogens with one attached hydrogen (secondary N) is 2. The molecule has 2 rings (SSSR count). The number of carbonyl (C=O) groups is 2. The molecule has 0 unspecified atom stereocenters. The average Bonchev–Trinajstić information content (AvgIpc) is 2.54. The second-order valence-corrected chi connectivity index (χ2v) is 6.07. The van der Waals surface area contributed by atoms with Gasteiger partial charge in [-0.15, -0.1) is 0 Å². The van der Waals surface area contributed by atoms with E-state index in [4.69, 9.17) is 23.2 Å². The Morgan fingerprint density at radius 3 is 2.55 bits per heavy atom. The van der Waals surface area contributed by atoms with Crippen LogP contribution in [0.3, 0.4) is 0 Å². The molecule has 0 heterocycles. The van der Waals surface area contributed by atoms with E-state index in [0.29, 0.717) is 15.6 Å². The van der Waals surface area contributed by atoms with E-state index in [1.165, 1.54) is 12.5 Å². The van der Waals surface area contributed by atoms with Crippen molar-refractivity contribution in [2.45, 2.75) is 32.1 Å². The number of hydrazine groups is 1. The van der Waals surface area contributed by atoms with Crippen molar-refractivity contribution in [3.8, 4) is 0 Å². The van der Waals surface area contributed by atoms with Crippen LogP contribution in [0.25, 0.3) is 6.08 Å². The van der Waals surface area contributed by atoms with Gasteiger partial charge in [-0.1, -0.05) is 54.6 Å². The van der Waals surface area contributed by atoms with Gasteiger partial charge in [-0.05, 0) is 30.5 Å². The van der Waals surface area contributed by atoms with Gasteiger partial charge in [0, 0.05) is 12.0 Å². The zero-order valence-corrected chi connectivity index (χ0v) is 13.6. The maximum atomic E-state index is 11.9. The summed E-state index contributed by atoms with van der Waals surface area (Å²) in [5.74, 6) is -0.539. The highest BCUT2D eigenvalue weighted by Gasteiger charge is 2.20. The first-order valence-electron chi connectivity index (χ1n) is 7.30. The number of hydrogen-bond acceptors (Lipinski definition) is 2. The van der Waals surface area contributed by atoms with E-state index < -0.39 is 5.91 Å². The van der Waals surface area contributed by atoms with Crippen molar-refractivity contribution in [2.24, 2.45) is 5.92 Å². The Morgan fingerprint density at radius 1 is 1.09 bits per heavy atom. The standard InChI is InChI=1S/C16H18Cl2N2O2/c17-13-8-4-7-11(15(13)18)9-10-14(21)19-20-16(22)12-5-2-1-3-6-12/h4,7-10,12H,1-3,5-6H2,(H,19,21)(H,20,22)/b10-9+. The van der Waals surface area contributed by atoms with Crippen molar-refractivity contribution < 1.29 is 9.59 Å². The molecular formula is C16H18Cl2N2O2. The summed E-state index contributed by atoms with van der Waals surface area (Å²) in [5, 5.41) is 0.814. The molecule has 22 heavy (non-hydrogen) atoms. The fraction of sp³-hybridized carbons (Fsp3) is 0.375. The van der Waals surface area contributed by atoms with Gasteiger partial charge in [-0.2, -0.15) is 0 Å². The predicted molar refractivity (Wildman–Crippen MR) is 88.4 cm³/mol. The lowest BCUT2D eigenvalue weighted by molar-refractivity contribution is -0.130. The van der Waals surface area contributed by atoms with Crippen LogP contribution in [0.5, 0.6) is 0 Å². The largest absolute Gasteiger partial charge is 0.273 e. The van der Waals surface area contributed by atoms with Crippen LogP contribution in [0.2, 0.25) is 10.0 Å². The predicted octanol–water partition coefficient (Wildman–Crippen LogP) is 3.73. The molecule has 1 aromatic rings. The number of benzene rings is 1. The van der Waals surface area contributed by atoms with E-state index in [9.17, 15) is 9.59 Å². The van der Waals surface area contributed by atoms with Crippen LogP contribution < -0.4 is 10.9 Å². The first-order valence-corrected chi connectivity index (χ1v) is 8.05. The molecule has 1 fully saturated rings. The van der Waals surface area contributed by atoms with Gasteiger partial charge in [-0.25, -0.2) is 0 Å². The Morgan fingerprint density at radius 2 is 1.82 bits per heavy atom. The van der Waals surface area contributed by atoms with Gasteiger partial charge in [-0.3, -0.25) is 20.4 Å². The van der Waals surface area contributed by atoms with Crippen LogP contribution in [0, 0.1) is 5.92 Å². The zero-order valence-electron chi connectivity index (χ0n) is 12.1. The van der Waals surface area contributed by atoms with E-state index >= 15 is 0 Å². The van der Waals surface area contributed by atoms with Crippen molar-refractivity contribution in [2.75, 3.05) is 0 Å². The summed E-state index contributed by atoms with van der Waals surface area (Å²) in [4.78, 5) is 23.6. The lowest BCUT2D eigenvalue weighted by Gasteiger charge is -2.20. The average molecular weight is 341 g/mol. The van der Waals surface area contributed by atoms with E-state index in [1.54, 1.807) is 24.3 Å². The minimum Gasteiger partial charge on any atom is -0.273 e. The highest BCUT2D eigenvalue weighted by Crippen LogP contribution is 2.26. The second-order valence-electron chi connectivity index (χ2n) is 5.29. The molecule has 6 heteroatoms. The Balaban J connectivity index is 1.83. The maximum Gasteiger partial charge on any atom is 0.262 e. The summed E-state index contributed by atoms with van der Waals surface area (Å²) in [5.41, 5.74) is 5.49. The molecule has 0 aromatic heterocycles. The second kappa shape index (κ2) is 8.20. The summed E-state index contributed by atoms with van der Waals surface area (Å²) < 4.78 is 0. The molecule has 1 aliphatic carbocycles. The molecule has 0 atom stereocenters. The summed E-state index contributed by atoms with van der Waals surface area (Å²) in [6.45, 7) is 0. The Labute approximate surface area is 139 Å². The van der Waals surface area contributed by atoms with Crippen LogP contribution >= 0.6 is 23.2 Å². The van der Waals surface area contributed by atoms with Crippen molar-refractivity contribution in [1.82, 2.24) is 10.9 Å². The Kier molecular flexibility index (Phi) is 6.28. The third kappa shape index (κ3) is 4.75. The van der Waals surface area contributed by atoms with Gasteiger partial charge in [0.05, 0.1) is 10.0 Å². The van der Waals surface area contributed by atoms with E-state index in [1.807, 2.05) is 0 Å². The highest BCUT2D eigenvalue weighted by atomic mass is 35.5. The SMILES string of the molecule is O=C(/C=C/c1cccc(Cl)c1Cl)NNC(=O)C1CCCCC1. The van der Waals surface area contributed by atoms with E-state index in [2.05, 4.69) is 10.9 Å². The molecule has 0 spiro atoms. The number of carbonyl (C=O) groups excluding carboxylic acids is 2. The third-order valence-corrected chi connectivity index (χ3v) is 4.51. The Bertz CT molecular complexity index is 582. The Hall–Kier alpha value is -1.52. The molecule has 1 aromatic carbocycles. The summed E-state index contributed by atoms with van der Waals surface area (Å²) in [7, 11) is 0. The quantitative estimate of drug-likeness (QED) is 0.650. The van der Waals surface area contributed by atoms with Crippen molar-refractivity contribution in [1.29, 1.82) is 0 Å². The minimum absolute atomic E-state index is 0.000374. The first kappa shape index (κ1) is 16.8. The molecular weight excluding hydrogens is 323 g/mol. The molecule has 4 nitrogen and oxygen atoms in total.